The van der Waals surface area contributed by atoms with Gasteiger partial charge in [-0.1, -0.05) is 165 Å². The first-order valence-electron chi connectivity index (χ1n) is 18.7. The third-order valence-electron chi connectivity index (χ3n) is 9.47. The largest absolute Gasteiger partial charge is 0.374 e. The Balaban J connectivity index is 1.37. The second-order valence-corrected chi connectivity index (χ2v) is 13.4. The predicted octanol–water partition coefficient (Wildman–Crippen LogP) is 9.50. The first-order valence-corrected chi connectivity index (χ1v) is 18.7. The molecule has 0 N–H and O–H groups in total. The Hall–Kier alpha value is -4.14. The molecule has 1 fully saturated rings. The van der Waals surface area contributed by atoms with Gasteiger partial charge < -0.3 is 28.4 Å². The zero-order valence-corrected chi connectivity index (χ0v) is 30.3. The van der Waals surface area contributed by atoms with Crippen LogP contribution in [0.15, 0.2) is 152 Å². The Labute approximate surface area is 309 Å². The molecule has 0 unspecified atom stereocenters. The van der Waals surface area contributed by atoms with E-state index in [2.05, 4.69) is 79.7 Å². The van der Waals surface area contributed by atoms with Crippen LogP contribution in [0, 0.1) is 0 Å². The van der Waals surface area contributed by atoms with Crippen LogP contribution in [0.4, 0.5) is 0 Å². The summed E-state index contributed by atoms with van der Waals surface area (Å²) in [5, 5.41) is 0. The highest BCUT2D eigenvalue weighted by molar-refractivity contribution is 5.18. The van der Waals surface area contributed by atoms with Crippen molar-refractivity contribution in [3.05, 3.63) is 179 Å². The molecule has 5 aromatic carbocycles. The molecule has 272 valence electrons. The molecule has 6 rings (SSSR count). The second kappa shape index (κ2) is 20.2. The van der Waals surface area contributed by atoms with Crippen LogP contribution in [0.1, 0.15) is 54.0 Å². The van der Waals surface area contributed by atoms with E-state index in [1.54, 1.807) is 0 Å². The van der Waals surface area contributed by atoms with Crippen molar-refractivity contribution < 1.29 is 28.4 Å². The summed E-state index contributed by atoms with van der Waals surface area (Å²) in [5.74, 6) is -1.12. The fourth-order valence-corrected chi connectivity index (χ4v) is 6.72. The Bertz CT molecular complexity index is 1670. The van der Waals surface area contributed by atoms with Gasteiger partial charge in [0.15, 0.2) is 5.79 Å². The van der Waals surface area contributed by atoms with Gasteiger partial charge in [-0.05, 0) is 40.7 Å². The standard InChI is InChI=1S/C46H52O6/c1-2-3-30-46(51-31-29-37-19-9-4-10-20-37)45(50-35-41-27-17-8-18-28-41)44(49-34-40-25-15-7-16-26-40)43(48-33-39-23-13-6-14-24-39)42(52-46)36-47-32-38-21-11-5-12-22-38/h4-28,42-45H,2-3,29-36H2,1H3/t42-,43-,44+,45-,46+/m1/s1. The van der Waals surface area contributed by atoms with Crippen LogP contribution >= 0.6 is 0 Å². The quantitative estimate of drug-likeness (QED) is 0.0807. The molecule has 52 heavy (non-hydrogen) atoms. The highest BCUT2D eigenvalue weighted by atomic mass is 16.7. The molecule has 6 nitrogen and oxygen atoms in total. The lowest BCUT2D eigenvalue weighted by atomic mass is 9.88. The van der Waals surface area contributed by atoms with E-state index in [9.17, 15) is 0 Å². The maximum absolute atomic E-state index is 7.26. The summed E-state index contributed by atoms with van der Waals surface area (Å²) in [6.07, 6.45) is 1.05. The Morgan fingerprint density at radius 2 is 0.962 bits per heavy atom. The van der Waals surface area contributed by atoms with Gasteiger partial charge in [0.25, 0.3) is 0 Å². The Kier molecular flexibility index (Phi) is 14.6. The van der Waals surface area contributed by atoms with Gasteiger partial charge in [0.05, 0.1) is 39.6 Å². The summed E-state index contributed by atoms with van der Waals surface area (Å²) >= 11 is 0. The average Bonchev–Trinajstić information content (AvgIpc) is 3.20. The van der Waals surface area contributed by atoms with Gasteiger partial charge in [-0.3, -0.25) is 0 Å². The fraction of sp³-hybridized carbons (Fsp3) is 0.348. The molecular formula is C46H52O6. The van der Waals surface area contributed by atoms with E-state index in [0.29, 0.717) is 46.1 Å². The van der Waals surface area contributed by atoms with Gasteiger partial charge >= 0.3 is 0 Å². The van der Waals surface area contributed by atoms with E-state index in [1.807, 2.05) is 78.9 Å². The van der Waals surface area contributed by atoms with Gasteiger partial charge in [0.2, 0.25) is 0 Å². The van der Waals surface area contributed by atoms with Crippen LogP contribution in [-0.4, -0.2) is 43.4 Å². The number of rotatable bonds is 20. The van der Waals surface area contributed by atoms with Gasteiger partial charge in [0.1, 0.15) is 24.4 Å². The molecule has 0 aliphatic carbocycles. The van der Waals surface area contributed by atoms with Crippen LogP contribution < -0.4 is 0 Å². The summed E-state index contributed by atoms with van der Waals surface area (Å²) in [6, 6.07) is 51.4. The topological polar surface area (TPSA) is 55.4 Å². The number of ether oxygens (including phenoxy) is 6. The van der Waals surface area contributed by atoms with Crippen molar-refractivity contribution in [3.63, 3.8) is 0 Å². The lowest BCUT2D eigenvalue weighted by Gasteiger charge is -2.52. The Morgan fingerprint density at radius 1 is 0.519 bits per heavy atom. The van der Waals surface area contributed by atoms with Crippen molar-refractivity contribution >= 4 is 0 Å². The summed E-state index contributed by atoms with van der Waals surface area (Å²) in [5.41, 5.74) is 5.50. The van der Waals surface area contributed by atoms with E-state index in [0.717, 1.165) is 41.5 Å². The van der Waals surface area contributed by atoms with Crippen molar-refractivity contribution in [1.29, 1.82) is 0 Å². The highest BCUT2D eigenvalue weighted by Gasteiger charge is 2.57. The van der Waals surface area contributed by atoms with Crippen LogP contribution in [0.3, 0.4) is 0 Å². The molecule has 1 saturated heterocycles. The van der Waals surface area contributed by atoms with E-state index >= 15 is 0 Å². The molecule has 5 aromatic rings. The van der Waals surface area contributed by atoms with Crippen LogP contribution in [-0.2, 0) is 61.3 Å². The van der Waals surface area contributed by atoms with Crippen molar-refractivity contribution in [2.45, 2.75) is 89.2 Å². The summed E-state index contributed by atoms with van der Waals surface area (Å²) in [7, 11) is 0. The van der Waals surface area contributed by atoms with Crippen LogP contribution in [0.25, 0.3) is 0 Å². The molecule has 0 aromatic heterocycles. The monoisotopic (exact) mass is 700 g/mol. The summed E-state index contributed by atoms with van der Waals surface area (Å²) in [6.45, 7) is 4.53. The molecule has 0 bridgehead atoms. The van der Waals surface area contributed by atoms with Crippen molar-refractivity contribution in [1.82, 2.24) is 0 Å². The smallest absolute Gasteiger partial charge is 0.197 e. The third-order valence-corrected chi connectivity index (χ3v) is 9.47. The van der Waals surface area contributed by atoms with Gasteiger partial charge in [0, 0.05) is 6.42 Å². The molecule has 0 spiro atoms. The molecule has 6 heteroatoms. The minimum atomic E-state index is -1.12. The maximum atomic E-state index is 7.26. The third kappa shape index (κ3) is 10.9. The SMILES string of the molecule is CCCC[C@]1(OCCc2ccccc2)O[C@H](COCc2ccccc2)[C@@H](OCc2ccccc2)[C@H](OCc2ccccc2)[C@H]1OCc1ccccc1. The molecule has 0 radical (unpaired) electrons. The second-order valence-electron chi connectivity index (χ2n) is 13.4. The van der Waals surface area contributed by atoms with Crippen LogP contribution in [0.5, 0.6) is 0 Å². The molecule has 1 aliphatic heterocycles. The van der Waals surface area contributed by atoms with Crippen molar-refractivity contribution in [3.8, 4) is 0 Å². The highest BCUT2D eigenvalue weighted by Crippen LogP contribution is 2.41. The predicted molar refractivity (Wildman–Crippen MR) is 204 cm³/mol. The number of hydrogen-bond acceptors (Lipinski definition) is 6. The summed E-state index contributed by atoms with van der Waals surface area (Å²) in [4.78, 5) is 0. The zero-order chi connectivity index (χ0) is 35.7. The van der Waals surface area contributed by atoms with E-state index in [4.69, 9.17) is 28.4 Å². The first-order chi connectivity index (χ1) is 25.7. The molecule has 0 saturated carbocycles. The lowest BCUT2D eigenvalue weighted by Crippen LogP contribution is -2.68. The summed E-state index contributed by atoms with van der Waals surface area (Å²) < 4.78 is 41.6. The maximum Gasteiger partial charge on any atom is 0.197 e. The van der Waals surface area contributed by atoms with Crippen molar-refractivity contribution in [2.75, 3.05) is 13.2 Å². The number of unbranched alkanes of at least 4 members (excludes halogenated alkanes) is 1. The number of benzene rings is 5. The van der Waals surface area contributed by atoms with E-state index < -0.39 is 30.2 Å². The molecule has 1 aliphatic rings. The van der Waals surface area contributed by atoms with E-state index in [1.165, 1.54) is 5.56 Å². The minimum Gasteiger partial charge on any atom is -0.374 e. The minimum absolute atomic E-state index is 0.293. The van der Waals surface area contributed by atoms with Crippen LogP contribution in [0.2, 0.25) is 0 Å². The van der Waals surface area contributed by atoms with Gasteiger partial charge in [-0.15, -0.1) is 0 Å². The average molecular weight is 701 g/mol. The zero-order valence-electron chi connectivity index (χ0n) is 30.3. The normalized spacial score (nSPS) is 21.6. The number of hydrogen-bond donors (Lipinski definition) is 0. The molecule has 0 amide bonds. The van der Waals surface area contributed by atoms with E-state index in [-0.39, 0.29) is 0 Å². The van der Waals surface area contributed by atoms with Gasteiger partial charge in [-0.2, -0.15) is 0 Å². The first kappa shape index (κ1) is 37.6. The molecular weight excluding hydrogens is 649 g/mol. The van der Waals surface area contributed by atoms with Gasteiger partial charge in [-0.25, -0.2) is 0 Å². The lowest BCUT2D eigenvalue weighted by molar-refractivity contribution is -0.385. The fourth-order valence-electron chi connectivity index (χ4n) is 6.72. The molecule has 5 atom stereocenters. The van der Waals surface area contributed by atoms with Crippen molar-refractivity contribution in [2.24, 2.45) is 0 Å². The Morgan fingerprint density at radius 3 is 1.46 bits per heavy atom. The molecule has 1 heterocycles.